The van der Waals surface area contributed by atoms with Crippen molar-refractivity contribution in [2.45, 2.75) is 33.6 Å². The first-order valence-corrected chi connectivity index (χ1v) is 4.95. The third kappa shape index (κ3) is 5.56. The molecule has 4 nitrogen and oxygen atoms in total. The van der Waals surface area contributed by atoms with E-state index in [0.717, 1.165) is 12.8 Å². The van der Waals surface area contributed by atoms with Crippen LogP contribution in [0.3, 0.4) is 0 Å². The molecule has 0 fully saturated rings. The lowest BCUT2D eigenvalue weighted by molar-refractivity contribution is -0.146. The van der Waals surface area contributed by atoms with Crippen LogP contribution >= 0.6 is 0 Å². The van der Waals surface area contributed by atoms with Crippen molar-refractivity contribution >= 4 is 11.9 Å². The number of hydrogen-bond acceptors (Lipinski definition) is 2. The minimum atomic E-state index is -1.08. The summed E-state index contributed by atoms with van der Waals surface area (Å²) in [7, 11) is 0. The van der Waals surface area contributed by atoms with E-state index in [0.29, 0.717) is 12.5 Å². The summed E-state index contributed by atoms with van der Waals surface area (Å²) < 4.78 is 0. The fourth-order valence-corrected chi connectivity index (χ4v) is 0.987. The Bertz CT molecular complexity index is 202. The number of rotatable bonds is 6. The van der Waals surface area contributed by atoms with Crippen LogP contribution in [-0.2, 0) is 9.59 Å². The van der Waals surface area contributed by atoms with Crippen molar-refractivity contribution < 1.29 is 14.7 Å². The number of carbonyl (C=O) groups is 2. The van der Waals surface area contributed by atoms with E-state index in [1.165, 1.54) is 6.92 Å². The summed E-state index contributed by atoms with van der Waals surface area (Å²) in [6.07, 6.45) is 1.94. The molecule has 0 aliphatic rings. The van der Waals surface area contributed by atoms with Gasteiger partial charge < -0.3 is 10.4 Å². The highest BCUT2D eigenvalue weighted by molar-refractivity contribution is 5.96. The van der Waals surface area contributed by atoms with E-state index in [4.69, 9.17) is 5.11 Å². The summed E-state index contributed by atoms with van der Waals surface area (Å²) in [5, 5.41) is 11.1. The van der Waals surface area contributed by atoms with Crippen LogP contribution in [0.2, 0.25) is 0 Å². The van der Waals surface area contributed by atoms with Crippen LogP contribution in [0, 0.1) is 11.8 Å². The number of carboxylic acids is 1. The molecule has 0 spiro atoms. The number of carbonyl (C=O) groups excluding carboxylic acids is 1. The molecule has 0 aromatic rings. The second kappa shape index (κ2) is 6.40. The first kappa shape index (κ1) is 12.9. The van der Waals surface area contributed by atoms with Gasteiger partial charge in [-0.3, -0.25) is 9.59 Å². The van der Waals surface area contributed by atoms with Crippen LogP contribution in [0.1, 0.15) is 33.6 Å². The summed E-state index contributed by atoms with van der Waals surface area (Å²) in [4.78, 5) is 21.6. The van der Waals surface area contributed by atoms with Crippen LogP contribution in [0.5, 0.6) is 0 Å². The molecule has 0 saturated carbocycles. The van der Waals surface area contributed by atoms with E-state index in [1.54, 1.807) is 0 Å². The predicted molar refractivity (Wildman–Crippen MR) is 53.9 cm³/mol. The molecule has 2 N–H and O–H groups in total. The quantitative estimate of drug-likeness (QED) is 0.502. The molecule has 0 heterocycles. The fraction of sp³-hybridized carbons (Fsp3) is 0.800. The Hall–Kier alpha value is -1.06. The van der Waals surface area contributed by atoms with Crippen molar-refractivity contribution in [2.75, 3.05) is 6.54 Å². The average molecular weight is 201 g/mol. The molecule has 0 aliphatic carbocycles. The third-order valence-electron chi connectivity index (χ3n) is 2.02. The van der Waals surface area contributed by atoms with Gasteiger partial charge in [-0.05, 0) is 25.7 Å². The summed E-state index contributed by atoms with van der Waals surface area (Å²) in [5.74, 6) is -1.81. The molecule has 0 saturated heterocycles. The molecule has 1 unspecified atom stereocenters. The average Bonchev–Trinajstić information content (AvgIpc) is 2.10. The summed E-state index contributed by atoms with van der Waals surface area (Å²) in [6, 6.07) is 0. The Kier molecular flexibility index (Phi) is 5.92. The Morgan fingerprint density at radius 1 is 1.29 bits per heavy atom. The molecule has 0 aromatic carbocycles. The van der Waals surface area contributed by atoms with E-state index in [-0.39, 0.29) is 0 Å². The van der Waals surface area contributed by atoms with Crippen molar-refractivity contribution in [1.82, 2.24) is 5.32 Å². The number of amides is 1. The van der Waals surface area contributed by atoms with Gasteiger partial charge in [-0.15, -0.1) is 0 Å². The van der Waals surface area contributed by atoms with Gasteiger partial charge in [0.2, 0.25) is 5.91 Å². The molecule has 0 radical (unpaired) electrons. The molecule has 82 valence electrons. The van der Waals surface area contributed by atoms with Gasteiger partial charge in [0.15, 0.2) is 0 Å². The molecule has 0 rings (SSSR count). The SMILES string of the molecule is CC(C)CCCNC(=O)C(C)C(=O)O. The lowest BCUT2D eigenvalue weighted by Gasteiger charge is -2.08. The van der Waals surface area contributed by atoms with E-state index in [1.807, 2.05) is 0 Å². The van der Waals surface area contributed by atoms with Crippen LogP contribution in [0.4, 0.5) is 0 Å². The zero-order valence-corrected chi connectivity index (χ0v) is 9.04. The van der Waals surface area contributed by atoms with Gasteiger partial charge in [0.25, 0.3) is 0 Å². The maximum atomic E-state index is 11.1. The van der Waals surface area contributed by atoms with E-state index >= 15 is 0 Å². The van der Waals surface area contributed by atoms with Crippen molar-refractivity contribution in [3.63, 3.8) is 0 Å². The van der Waals surface area contributed by atoms with Gasteiger partial charge in [0.1, 0.15) is 5.92 Å². The second-order valence-corrected chi connectivity index (χ2v) is 3.89. The first-order chi connectivity index (χ1) is 6.45. The van der Waals surface area contributed by atoms with E-state index < -0.39 is 17.8 Å². The Morgan fingerprint density at radius 2 is 1.86 bits per heavy atom. The van der Waals surface area contributed by atoms with Crippen LogP contribution in [-0.4, -0.2) is 23.5 Å². The maximum absolute atomic E-state index is 11.1. The van der Waals surface area contributed by atoms with Crippen molar-refractivity contribution in [1.29, 1.82) is 0 Å². The predicted octanol–water partition coefficient (Wildman–Crippen LogP) is 1.26. The lowest BCUT2D eigenvalue weighted by atomic mass is 10.1. The largest absolute Gasteiger partial charge is 0.481 e. The molecule has 1 amide bonds. The van der Waals surface area contributed by atoms with Crippen molar-refractivity contribution in [2.24, 2.45) is 11.8 Å². The van der Waals surface area contributed by atoms with Crippen LogP contribution < -0.4 is 5.32 Å². The molecule has 0 aromatic heterocycles. The Balaban J connectivity index is 3.59. The zero-order chi connectivity index (χ0) is 11.1. The molecule has 14 heavy (non-hydrogen) atoms. The number of hydrogen-bond donors (Lipinski definition) is 2. The number of aliphatic carboxylic acids is 1. The van der Waals surface area contributed by atoms with Gasteiger partial charge in [-0.25, -0.2) is 0 Å². The van der Waals surface area contributed by atoms with E-state index in [9.17, 15) is 9.59 Å². The molecular formula is C10H19NO3. The highest BCUT2D eigenvalue weighted by Gasteiger charge is 2.19. The monoisotopic (exact) mass is 201 g/mol. The maximum Gasteiger partial charge on any atom is 0.315 e. The van der Waals surface area contributed by atoms with Crippen LogP contribution in [0.15, 0.2) is 0 Å². The van der Waals surface area contributed by atoms with Gasteiger partial charge in [0.05, 0.1) is 0 Å². The van der Waals surface area contributed by atoms with Gasteiger partial charge in [0, 0.05) is 6.54 Å². The minimum absolute atomic E-state index is 0.402. The lowest BCUT2D eigenvalue weighted by Crippen LogP contribution is -2.34. The molecule has 1 atom stereocenters. The number of carboxylic acid groups (broad SMARTS) is 1. The summed E-state index contributed by atoms with van der Waals surface area (Å²) in [6.45, 7) is 6.18. The van der Waals surface area contributed by atoms with Gasteiger partial charge >= 0.3 is 5.97 Å². The summed E-state index contributed by atoms with van der Waals surface area (Å²) >= 11 is 0. The highest BCUT2D eigenvalue weighted by Crippen LogP contribution is 2.02. The standard InChI is InChI=1S/C10H19NO3/c1-7(2)5-4-6-11-9(12)8(3)10(13)14/h7-8H,4-6H2,1-3H3,(H,11,12)(H,13,14). The highest BCUT2D eigenvalue weighted by atomic mass is 16.4. The van der Waals surface area contributed by atoms with Crippen molar-refractivity contribution in [3.05, 3.63) is 0 Å². The smallest absolute Gasteiger partial charge is 0.315 e. The minimum Gasteiger partial charge on any atom is -0.481 e. The molecule has 0 aliphatic heterocycles. The van der Waals surface area contributed by atoms with Crippen LogP contribution in [0.25, 0.3) is 0 Å². The second-order valence-electron chi connectivity index (χ2n) is 3.89. The van der Waals surface area contributed by atoms with Crippen molar-refractivity contribution in [3.8, 4) is 0 Å². The van der Waals surface area contributed by atoms with Gasteiger partial charge in [-0.2, -0.15) is 0 Å². The third-order valence-corrected chi connectivity index (χ3v) is 2.02. The fourth-order valence-electron chi connectivity index (χ4n) is 0.987. The summed E-state index contributed by atoms with van der Waals surface area (Å²) in [5.41, 5.74) is 0. The molecule has 0 bridgehead atoms. The normalized spacial score (nSPS) is 12.6. The molecular weight excluding hydrogens is 182 g/mol. The van der Waals surface area contributed by atoms with E-state index in [2.05, 4.69) is 19.2 Å². The Morgan fingerprint density at radius 3 is 2.29 bits per heavy atom. The zero-order valence-electron chi connectivity index (χ0n) is 9.04. The molecule has 4 heteroatoms. The Labute approximate surface area is 84.7 Å². The topological polar surface area (TPSA) is 66.4 Å². The first-order valence-electron chi connectivity index (χ1n) is 4.95. The van der Waals surface area contributed by atoms with Gasteiger partial charge in [-0.1, -0.05) is 13.8 Å². The number of nitrogens with one attached hydrogen (secondary N) is 1.